The second-order valence-electron chi connectivity index (χ2n) is 5.18. The van der Waals surface area contributed by atoms with Crippen molar-refractivity contribution in [1.29, 1.82) is 0 Å². The molecule has 1 saturated carbocycles. The average molecular weight is 286 g/mol. The van der Waals surface area contributed by atoms with Crippen LogP contribution in [0.2, 0.25) is 0 Å². The third kappa shape index (κ3) is 4.08. The number of alkyl halides is 1. The van der Waals surface area contributed by atoms with Crippen LogP contribution in [0.5, 0.6) is 5.75 Å². The Bertz CT molecular complexity index is 405. The predicted molar refractivity (Wildman–Crippen MR) is 76.3 cm³/mol. The van der Waals surface area contributed by atoms with Gasteiger partial charge < -0.3 is 10.1 Å². The van der Waals surface area contributed by atoms with Crippen molar-refractivity contribution < 1.29 is 9.13 Å². The molecule has 1 aromatic carbocycles. The van der Waals surface area contributed by atoms with Gasteiger partial charge in [0.05, 0.1) is 7.11 Å². The molecule has 0 heterocycles. The van der Waals surface area contributed by atoms with Gasteiger partial charge in [-0.3, -0.25) is 0 Å². The highest BCUT2D eigenvalue weighted by atomic mass is 35.5. The SMILES string of the molecule is COc1cccc(CNCC2CCC(Cl)CC2)c1F. The molecule has 0 amide bonds. The smallest absolute Gasteiger partial charge is 0.169 e. The second kappa shape index (κ2) is 7.11. The monoisotopic (exact) mass is 285 g/mol. The van der Waals surface area contributed by atoms with E-state index in [1.807, 2.05) is 6.07 Å². The zero-order chi connectivity index (χ0) is 13.7. The Morgan fingerprint density at radius 1 is 1.32 bits per heavy atom. The molecule has 0 spiro atoms. The van der Waals surface area contributed by atoms with Gasteiger partial charge >= 0.3 is 0 Å². The van der Waals surface area contributed by atoms with E-state index in [9.17, 15) is 4.39 Å². The highest BCUT2D eigenvalue weighted by Crippen LogP contribution is 2.27. The average Bonchev–Trinajstić information content (AvgIpc) is 2.43. The highest BCUT2D eigenvalue weighted by Gasteiger charge is 2.19. The zero-order valence-electron chi connectivity index (χ0n) is 11.3. The van der Waals surface area contributed by atoms with Gasteiger partial charge in [-0.25, -0.2) is 4.39 Å². The van der Waals surface area contributed by atoms with Crippen LogP contribution in [0, 0.1) is 11.7 Å². The Morgan fingerprint density at radius 3 is 2.74 bits per heavy atom. The lowest BCUT2D eigenvalue weighted by atomic mass is 9.89. The maximum atomic E-state index is 13.9. The Hall–Kier alpha value is -0.800. The predicted octanol–water partition coefficient (Wildman–Crippen LogP) is 3.72. The van der Waals surface area contributed by atoms with Crippen molar-refractivity contribution in [3.63, 3.8) is 0 Å². The van der Waals surface area contributed by atoms with E-state index in [0.29, 0.717) is 29.2 Å². The number of methoxy groups -OCH3 is 1. The van der Waals surface area contributed by atoms with Gasteiger partial charge in [-0.1, -0.05) is 12.1 Å². The van der Waals surface area contributed by atoms with Gasteiger partial charge in [0.2, 0.25) is 0 Å². The Balaban J connectivity index is 1.79. The first kappa shape index (κ1) is 14.6. The number of hydrogen-bond donors (Lipinski definition) is 1. The molecule has 0 aromatic heterocycles. The van der Waals surface area contributed by atoms with E-state index >= 15 is 0 Å². The van der Waals surface area contributed by atoms with Crippen LogP contribution < -0.4 is 10.1 Å². The number of ether oxygens (including phenoxy) is 1. The Labute approximate surface area is 119 Å². The lowest BCUT2D eigenvalue weighted by Gasteiger charge is -2.25. The molecule has 106 valence electrons. The molecule has 0 aliphatic heterocycles. The second-order valence-corrected chi connectivity index (χ2v) is 5.80. The lowest BCUT2D eigenvalue weighted by molar-refractivity contribution is 0.343. The van der Waals surface area contributed by atoms with Crippen molar-refractivity contribution in [3.8, 4) is 5.75 Å². The van der Waals surface area contributed by atoms with E-state index in [1.54, 1.807) is 12.1 Å². The lowest BCUT2D eigenvalue weighted by Crippen LogP contribution is -2.26. The Morgan fingerprint density at radius 2 is 2.05 bits per heavy atom. The molecule has 0 saturated heterocycles. The van der Waals surface area contributed by atoms with Crippen LogP contribution in [0.25, 0.3) is 0 Å². The van der Waals surface area contributed by atoms with Crippen molar-refractivity contribution >= 4 is 11.6 Å². The van der Waals surface area contributed by atoms with Gasteiger partial charge in [-0.15, -0.1) is 11.6 Å². The third-order valence-electron chi connectivity index (χ3n) is 3.79. The van der Waals surface area contributed by atoms with Crippen LogP contribution in [0.1, 0.15) is 31.2 Å². The summed E-state index contributed by atoms with van der Waals surface area (Å²) in [4.78, 5) is 0. The molecular formula is C15H21ClFNO. The number of nitrogens with one attached hydrogen (secondary N) is 1. The number of hydrogen-bond acceptors (Lipinski definition) is 2. The third-order valence-corrected chi connectivity index (χ3v) is 4.22. The van der Waals surface area contributed by atoms with Gasteiger partial charge in [0.1, 0.15) is 0 Å². The van der Waals surface area contributed by atoms with Crippen LogP contribution >= 0.6 is 11.6 Å². The van der Waals surface area contributed by atoms with Crippen molar-refractivity contribution in [2.75, 3.05) is 13.7 Å². The minimum Gasteiger partial charge on any atom is -0.494 e. The Kier molecular flexibility index (Phi) is 5.46. The molecule has 1 aliphatic rings. The number of rotatable bonds is 5. The van der Waals surface area contributed by atoms with Crippen LogP contribution in [-0.2, 0) is 6.54 Å². The molecule has 4 heteroatoms. The van der Waals surface area contributed by atoms with E-state index in [4.69, 9.17) is 16.3 Å². The van der Waals surface area contributed by atoms with E-state index in [1.165, 1.54) is 20.0 Å². The molecule has 1 aromatic rings. The van der Waals surface area contributed by atoms with E-state index in [-0.39, 0.29) is 5.82 Å². The molecule has 2 rings (SSSR count). The molecule has 1 fully saturated rings. The molecule has 0 atom stereocenters. The van der Waals surface area contributed by atoms with Gasteiger partial charge in [0.25, 0.3) is 0 Å². The first-order valence-corrected chi connectivity index (χ1v) is 7.30. The van der Waals surface area contributed by atoms with Crippen LogP contribution in [0.15, 0.2) is 18.2 Å². The fourth-order valence-corrected chi connectivity index (χ4v) is 2.84. The minimum atomic E-state index is -0.262. The van der Waals surface area contributed by atoms with Crippen LogP contribution in [0.3, 0.4) is 0 Å². The van der Waals surface area contributed by atoms with Crippen LogP contribution in [0.4, 0.5) is 4.39 Å². The maximum Gasteiger partial charge on any atom is 0.169 e. The molecule has 19 heavy (non-hydrogen) atoms. The van der Waals surface area contributed by atoms with Gasteiger partial charge in [-0.2, -0.15) is 0 Å². The van der Waals surface area contributed by atoms with Crippen LogP contribution in [-0.4, -0.2) is 19.0 Å². The summed E-state index contributed by atoms with van der Waals surface area (Å²) in [5, 5.41) is 3.69. The highest BCUT2D eigenvalue weighted by molar-refractivity contribution is 6.20. The molecule has 1 N–H and O–H groups in total. The molecule has 0 unspecified atom stereocenters. The summed E-state index contributed by atoms with van der Waals surface area (Å²) in [6.07, 6.45) is 4.53. The fourth-order valence-electron chi connectivity index (χ4n) is 2.59. The summed E-state index contributed by atoms with van der Waals surface area (Å²) < 4.78 is 18.9. The summed E-state index contributed by atoms with van der Waals surface area (Å²) in [6.45, 7) is 1.48. The minimum absolute atomic E-state index is 0.262. The van der Waals surface area contributed by atoms with Crippen molar-refractivity contribution in [1.82, 2.24) is 5.32 Å². The summed E-state index contributed by atoms with van der Waals surface area (Å²) in [6, 6.07) is 5.25. The summed E-state index contributed by atoms with van der Waals surface area (Å²) in [5.41, 5.74) is 0.658. The van der Waals surface area contributed by atoms with E-state index < -0.39 is 0 Å². The van der Waals surface area contributed by atoms with Crippen molar-refractivity contribution in [3.05, 3.63) is 29.6 Å². The maximum absolute atomic E-state index is 13.9. The normalized spacial score (nSPS) is 23.3. The molecule has 0 bridgehead atoms. The van der Waals surface area contributed by atoms with Gasteiger partial charge in [-0.05, 0) is 44.2 Å². The van der Waals surface area contributed by atoms with Gasteiger partial charge in [0, 0.05) is 17.5 Å². The number of benzene rings is 1. The quantitative estimate of drug-likeness (QED) is 0.833. The van der Waals surface area contributed by atoms with E-state index in [0.717, 1.165) is 19.4 Å². The fraction of sp³-hybridized carbons (Fsp3) is 0.600. The summed E-state index contributed by atoms with van der Waals surface area (Å²) >= 11 is 6.08. The topological polar surface area (TPSA) is 21.3 Å². The summed E-state index contributed by atoms with van der Waals surface area (Å²) in [7, 11) is 1.49. The number of halogens is 2. The van der Waals surface area contributed by atoms with E-state index in [2.05, 4.69) is 5.32 Å². The summed E-state index contributed by atoms with van der Waals surface area (Å²) in [5.74, 6) is 0.715. The molecule has 1 aliphatic carbocycles. The zero-order valence-corrected chi connectivity index (χ0v) is 12.0. The first-order chi connectivity index (χ1) is 9.20. The first-order valence-electron chi connectivity index (χ1n) is 6.87. The van der Waals surface area contributed by atoms with Gasteiger partial charge in [0.15, 0.2) is 11.6 Å². The standard InChI is InChI=1S/C15H21ClFNO/c1-19-14-4-2-3-12(15(14)17)10-18-9-11-5-7-13(16)8-6-11/h2-4,11,13,18H,5-10H2,1H3. The molecule has 2 nitrogen and oxygen atoms in total. The molecular weight excluding hydrogens is 265 g/mol. The van der Waals surface area contributed by atoms with Crippen molar-refractivity contribution in [2.45, 2.75) is 37.6 Å². The van der Waals surface area contributed by atoms with Crippen molar-refractivity contribution in [2.24, 2.45) is 5.92 Å². The molecule has 0 radical (unpaired) electrons. The largest absolute Gasteiger partial charge is 0.494 e.